The van der Waals surface area contributed by atoms with E-state index in [0.717, 1.165) is 11.3 Å². The van der Waals surface area contributed by atoms with Gasteiger partial charge in [0.2, 0.25) is 5.91 Å². The molecule has 1 aliphatic rings. The zero-order chi connectivity index (χ0) is 17.1. The van der Waals surface area contributed by atoms with Crippen LogP contribution in [0.25, 0.3) is 0 Å². The first-order valence-corrected chi connectivity index (χ1v) is 7.91. The van der Waals surface area contributed by atoms with Gasteiger partial charge in [-0.15, -0.1) is 0 Å². The van der Waals surface area contributed by atoms with Crippen LogP contribution in [-0.2, 0) is 16.6 Å². The number of halogens is 1. The van der Waals surface area contributed by atoms with Gasteiger partial charge in [0, 0.05) is 26.2 Å². The van der Waals surface area contributed by atoms with Crippen molar-refractivity contribution in [3.8, 4) is 0 Å². The maximum absolute atomic E-state index is 13.0. The molecule has 3 rings (SSSR count). The van der Waals surface area contributed by atoms with Gasteiger partial charge >= 0.3 is 0 Å². The van der Waals surface area contributed by atoms with Gasteiger partial charge in [-0.1, -0.05) is 12.1 Å². The molecule has 1 aromatic heterocycles. The first-order valence-electron chi connectivity index (χ1n) is 7.91. The minimum Gasteiger partial charge on any atom is -0.371 e. The number of carbonyl (C=O) groups excluding carboxylic acids is 1. The summed E-state index contributed by atoms with van der Waals surface area (Å²) in [6.45, 7) is 4.00. The van der Waals surface area contributed by atoms with Crippen LogP contribution in [0.1, 0.15) is 17.4 Å². The van der Waals surface area contributed by atoms with Gasteiger partial charge in [-0.05, 0) is 24.6 Å². The summed E-state index contributed by atoms with van der Waals surface area (Å²) in [4.78, 5) is 14.3. The summed E-state index contributed by atoms with van der Waals surface area (Å²) < 4.78 is 20.4. The number of hydrogen-bond acceptors (Lipinski definition) is 4. The van der Waals surface area contributed by atoms with Gasteiger partial charge in [-0.25, -0.2) is 4.39 Å². The molecule has 0 unspecified atom stereocenters. The van der Waals surface area contributed by atoms with Crippen molar-refractivity contribution in [3.63, 3.8) is 0 Å². The molecule has 1 N–H and O–H groups in total. The molecular weight excluding hydrogens is 311 g/mol. The van der Waals surface area contributed by atoms with Crippen molar-refractivity contribution in [2.75, 3.05) is 31.6 Å². The number of morpholine rings is 1. The normalized spacial score (nSPS) is 18.5. The van der Waals surface area contributed by atoms with Crippen LogP contribution >= 0.6 is 0 Å². The third kappa shape index (κ3) is 3.98. The van der Waals surface area contributed by atoms with Gasteiger partial charge < -0.3 is 10.1 Å². The lowest BCUT2D eigenvalue weighted by Crippen LogP contribution is -2.42. The number of anilines is 1. The van der Waals surface area contributed by atoms with Crippen LogP contribution in [0.2, 0.25) is 0 Å². The van der Waals surface area contributed by atoms with E-state index in [0.29, 0.717) is 25.5 Å². The number of ether oxygens (including phenoxy) is 1. The number of nitrogens with one attached hydrogen (secondary N) is 1. The summed E-state index contributed by atoms with van der Waals surface area (Å²) in [7, 11) is 1.79. The lowest BCUT2D eigenvalue weighted by atomic mass is 10.1. The molecule has 128 valence electrons. The lowest BCUT2D eigenvalue weighted by molar-refractivity contribution is -0.119. The molecule has 0 aliphatic carbocycles. The van der Waals surface area contributed by atoms with Gasteiger partial charge in [0.25, 0.3) is 0 Å². The van der Waals surface area contributed by atoms with Crippen molar-refractivity contribution in [1.29, 1.82) is 0 Å². The van der Waals surface area contributed by atoms with E-state index in [-0.39, 0.29) is 24.4 Å². The highest BCUT2D eigenvalue weighted by Gasteiger charge is 2.23. The van der Waals surface area contributed by atoms with E-state index in [1.807, 2.05) is 17.9 Å². The van der Waals surface area contributed by atoms with E-state index >= 15 is 0 Å². The fourth-order valence-electron chi connectivity index (χ4n) is 2.84. The number of aryl methyl sites for hydroxylation is 2. The van der Waals surface area contributed by atoms with Crippen molar-refractivity contribution >= 4 is 11.7 Å². The van der Waals surface area contributed by atoms with Crippen LogP contribution in [0, 0.1) is 12.7 Å². The number of benzene rings is 1. The van der Waals surface area contributed by atoms with E-state index < -0.39 is 0 Å². The molecule has 2 heterocycles. The van der Waals surface area contributed by atoms with Crippen molar-refractivity contribution in [2.45, 2.75) is 13.0 Å². The van der Waals surface area contributed by atoms with Crippen molar-refractivity contribution in [1.82, 2.24) is 14.7 Å². The summed E-state index contributed by atoms with van der Waals surface area (Å²) in [5.74, 6) is 0.330. The van der Waals surface area contributed by atoms with E-state index in [1.54, 1.807) is 23.9 Å². The SMILES string of the molecule is Cc1cc(NC(=O)CN2CCO[C@H](c3ccc(F)cc3)C2)n(C)n1. The van der Waals surface area contributed by atoms with Crippen molar-refractivity contribution in [3.05, 3.63) is 47.4 Å². The number of rotatable bonds is 4. The Hall–Kier alpha value is -2.25. The van der Waals surface area contributed by atoms with E-state index in [1.165, 1.54) is 12.1 Å². The van der Waals surface area contributed by atoms with Gasteiger partial charge in [0.15, 0.2) is 0 Å². The summed E-state index contributed by atoms with van der Waals surface area (Å²) in [5.41, 5.74) is 1.78. The second-order valence-corrected chi connectivity index (χ2v) is 5.99. The minimum absolute atomic E-state index is 0.0854. The second-order valence-electron chi connectivity index (χ2n) is 5.99. The average Bonchev–Trinajstić information content (AvgIpc) is 2.85. The Labute approximate surface area is 140 Å². The van der Waals surface area contributed by atoms with Gasteiger partial charge in [0.1, 0.15) is 11.6 Å². The first-order chi connectivity index (χ1) is 11.5. The Kier molecular flexibility index (Phi) is 4.92. The third-order valence-electron chi connectivity index (χ3n) is 4.03. The molecule has 1 atom stereocenters. The minimum atomic E-state index is -0.266. The Morgan fingerprint density at radius 2 is 2.17 bits per heavy atom. The van der Waals surface area contributed by atoms with Gasteiger partial charge in [-0.3, -0.25) is 14.4 Å². The first kappa shape index (κ1) is 16.6. The molecule has 6 nitrogen and oxygen atoms in total. The molecule has 0 saturated carbocycles. The topological polar surface area (TPSA) is 59.4 Å². The zero-order valence-corrected chi connectivity index (χ0v) is 13.8. The van der Waals surface area contributed by atoms with Crippen LogP contribution in [0.3, 0.4) is 0 Å². The number of carbonyl (C=O) groups is 1. The number of hydrogen-bond donors (Lipinski definition) is 1. The molecule has 1 aliphatic heterocycles. The molecular formula is C17H21FN4O2. The number of nitrogens with zero attached hydrogens (tertiary/aromatic N) is 3. The molecule has 1 saturated heterocycles. The largest absolute Gasteiger partial charge is 0.371 e. The van der Waals surface area contributed by atoms with Crippen molar-refractivity contribution in [2.24, 2.45) is 7.05 Å². The summed E-state index contributed by atoms with van der Waals surface area (Å²) in [5, 5.41) is 7.08. The second kappa shape index (κ2) is 7.11. The molecule has 1 amide bonds. The van der Waals surface area contributed by atoms with Gasteiger partial charge in [-0.2, -0.15) is 5.10 Å². The number of aromatic nitrogens is 2. The van der Waals surface area contributed by atoms with E-state index in [4.69, 9.17) is 4.74 Å². The monoisotopic (exact) mass is 332 g/mol. The average molecular weight is 332 g/mol. The molecule has 2 aromatic rings. The van der Waals surface area contributed by atoms with Crippen LogP contribution in [-0.4, -0.2) is 46.8 Å². The zero-order valence-electron chi connectivity index (χ0n) is 13.8. The summed E-state index contributed by atoms with van der Waals surface area (Å²) >= 11 is 0. The maximum Gasteiger partial charge on any atom is 0.239 e. The van der Waals surface area contributed by atoms with Crippen LogP contribution < -0.4 is 5.32 Å². The van der Waals surface area contributed by atoms with Crippen LogP contribution in [0.15, 0.2) is 30.3 Å². The molecule has 0 spiro atoms. The Morgan fingerprint density at radius 3 is 2.83 bits per heavy atom. The van der Waals surface area contributed by atoms with Crippen LogP contribution in [0.4, 0.5) is 10.2 Å². The Morgan fingerprint density at radius 1 is 1.42 bits per heavy atom. The van der Waals surface area contributed by atoms with Crippen LogP contribution in [0.5, 0.6) is 0 Å². The van der Waals surface area contributed by atoms with Gasteiger partial charge in [0.05, 0.1) is 24.9 Å². The molecule has 1 aromatic carbocycles. The molecule has 0 bridgehead atoms. The molecule has 7 heteroatoms. The fourth-order valence-corrected chi connectivity index (χ4v) is 2.84. The number of amides is 1. The quantitative estimate of drug-likeness (QED) is 0.929. The maximum atomic E-state index is 13.0. The predicted molar refractivity (Wildman–Crippen MR) is 88.1 cm³/mol. The Balaban J connectivity index is 1.57. The molecule has 0 radical (unpaired) electrons. The van der Waals surface area contributed by atoms with E-state index in [2.05, 4.69) is 10.4 Å². The van der Waals surface area contributed by atoms with E-state index in [9.17, 15) is 9.18 Å². The standard InChI is InChI=1S/C17H21FN4O2/c1-12-9-16(21(2)20-12)19-17(23)11-22-7-8-24-15(10-22)13-3-5-14(18)6-4-13/h3-6,9,15H,7-8,10-11H2,1-2H3,(H,19,23)/t15-/m0/s1. The summed E-state index contributed by atoms with van der Waals surface area (Å²) in [6.07, 6.45) is -0.147. The summed E-state index contributed by atoms with van der Waals surface area (Å²) in [6, 6.07) is 8.13. The third-order valence-corrected chi connectivity index (χ3v) is 4.03. The highest BCUT2D eigenvalue weighted by molar-refractivity contribution is 5.91. The van der Waals surface area contributed by atoms with Crippen molar-refractivity contribution < 1.29 is 13.9 Å². The molecule has 24 heavy (non-hydrogen) atoms. The predicted octanol–water partition coefficient (Wildman–Crippen LogP) is 1.88. The lowest BCUT2D eigenvalue weighted by Gasteiger charge is -2.32. The smallest absolute Gasteiger partial charge is 0.239 e. The fraction of sp³-hybridized carbons (Fsp3) is 0.412. The highest BCUT2D eigenvalue weighted by Crippen LogP contribution is 2.22. The Bertz CT molecular complexity index is 714. The molecule has 1 fully saturated rings. The highest BCUT2D eigenvalue weighted by atomic mass is 19.1.